The van der Waals surface area contributed by atoms with E-state index in [4.69, 9.17) is 5.73 Å². The van der Waals surface area contributed by atoms with Crippen LogP contribution in [-0.2, 0) is 12.1 Å². The maximum Gasteiger partial charge on any atom is 0.424 e. The van der Waals surface area contributed by atoms with Crippen molar-refractivity contribution in [1.29, 1.82) is 0 Å². The second-order valence-electron chi connectivity index (χ2n) is 5.40. The number of rotatable bonds is 3. The molecule has 2 aromatic heterocycles. The molecule has 132 valence electrons. The maximum atomic E-state index is 13.1. The third-order valence-corrected chi connectivity index (χ3v) is 3.71. The Bertz CT molecular complexity index is 766. The van der Waals surface area contributed by atoms with Crippen LogP contribution >= 0.6 is 0 Å². The van der Waals surface area contributed by atoms with Gasteiger partial charge in [0.1, 0.15) is 6.17 Å². The molecule has 2 aromatic rings. The van der Waals surface area contributed by atoms with Crippen molar-refractivity contribution < 1.29 is 31.8 Å². The van der Waals surface area contributed by atoms with Crippen LogP contribution in [0.5, 0.6) is 5.88 Å². The fourth-order valence-electron chi connectivity index (χ4n) is 2.52. The van der Waals surface area contributed by atoms with E-state index in [0.29, 0.717) is 6.92 Å². The fourth-order valence-corrected chi connectivity index (χ4v) is 2.52. The van der Waals surface area contributed by atoms with Crippen molar-refractivity contribution in [2.24, 2.45) is 5.73 Å². The van der Waals surface area contributed by atoms with E-state index in [1.165, 1.54) is 4.68 Å². The standard InChI is InChI=1S/C12H12F5N5O2/c1-11(23,12(15,16)17)9-19-3-6-5-2-8(24-10(13)14)20-21(5)4-7(18)22(6)9/h2-3,7,10,23H,4,18H2,1H3/t7-,11-/m1/s1. The highest BCUT2D eigenvalue weighted by Crippen LogP contribution is 2.41. The van der Waals surface area contributed by atoms with Gasteiger partial charge in [-0.25, -0.2) is 4.98 Å². The largest absolute Gasteiger partial charge is 0.424 e. The Morgan fingerprint density at radius 2 is 2.04 bits per heavy atom. The molecule has 3 N–H and O–H groups in total. The summed E-state index contributed by atoms with van der Waals surface area (Å²) in [6.07, 6.45) is -4.94. The number of aliphatic hydroxyl groups is 1. The third-order valence-electron chi connectivity index (χ3n) is 3.71. The molecule has 0 amide bonds. The van der Waals surface area contributed by atoms with E-state index in [1.54, 1.807) is 0 Å². The molecule has 0 aromatic carbocycles. The van der Waals surface area contributed by atoms with Crippen molar-refractivity contribution in [3.8, 4) is 17.3 Å². The molecule has 12 heteroatoms. The normalized spacial score (nSPS) is 19.8. The summed E-state index contributed by atoms with van der Waals surface area (Å²) >= 11 is 0. The smallest absolute Gasteiger partial charge is 0.415 e. The molecule has 1 aliphatic rings. The van der Waals surface area contributed by atoms with E-state index >= 15 is 0 Å². The quantitative estimate of drug-likeness (QED) is 0.818. The molecule has 1 aliphatic heterocycles. The van der Waals surface area contributed by atoms with Gasteiger partial charge in [-0.15, -0.1) is 5.10 Å². The van der Waals surface area contributed by atoms with E-state index in [-0.39, 0.29) is 17.9 Å². The molecule has 24 heavy (non-hydrogen) atoms. The number of halogens is 5. The van der Waals surface area contributed by atoms with E-state index in [1.807, 2.05) is 0 Å². The van der Waals surface area contributed by atoms with Gasteiger partial charge >= 0.3 is 12.8 Å². The lowest BCUT2D eigenvalue weighted by Crippen LogP contribution is -2.44. The summed E-state index contributed by atoms with van der Waals surface area (Å²) in [5.41, 5.74) is 2.92. The van der Waals surface area contributed by atoms with Crippen molar-refractivity contribution in [1.82, 2.24) is 19.3 Å². The molecule has 0 saturated heterocycles. The van der Waals surface area contributed by atoms with Crippen LogP contribution in [0.3, 0.4) is 0 Å². The zero-order valence-corrected chi connectivity index (χ0v) is 12.1. The van der Waals surface area contributed by atoms with Gasteiger partial charge in [0.05, 0.1) is 24.1 Å². The number of aromatic nitrogens is 4. The lowest BCUT2D eigenvalue weighted by molar-refractivity contribution is -0.262. The molecular weight excluding hydrogens is 341 g/mol. The lowest BCUT2D eigenvalue weighted by Gasteiger charge is -2.31. The Morgan fingerprint density at radius 3 is 2.62 bits per heavy atom. The highest BCUT2D eigenvalue weighted by molar-refractivity contribution is 5.58. The first-order chi connectivity index (χ1) is 11.0. The SMILES string of the molecule is C[C@@](O)(c1ncc2n1[C@@H](N)Cn1nc(OC(F)F)cc1-2)C(F)(F)F. The Kier molecular flexibility index (Phi) is 3.57. The van der Waals surface area contributed by atoms with Gasteiger partial charge in [-0.3, -0.25) is 4.68 Å². The van der Waals surface area contributed by atoms with Gasteiger partial charge in [-0.1, -0.05) is 0 Å². The van der Waals surface area contributed by atoms with Crippen molar-refractivity contribution in [2.75, 3.05) is 0 Å². The Hall–Kier alpha value is -2.21. The number of fused-ring (bicyclic) bond motifs is 3. The predicted molar refractivity (Wildman–Crippen MR) is 68.9 cm³/mol. The third kappa shape index (κ3) is 2.41. The molecule has 3 heterocycles. The van der Waals surface area contributed by atoms with E-state index in [9.17, 15) is 27.1 Å². The van der Waals surface area contributed by atoms with Gasteiger partial charge in [0.25, 0.3) is 0 Å². The molecule has 0 unspecified atom stereocenters. The van der Waals surface area contributed by atoms with Crippen LogP contribution < -0.4 is 10.5 Å². The second-order valence-corrected chi connectivity index (χ2v) is 5.40. The summed E-state index contributed by atoms with van der Waals surface area (Å²) in [5.74, 6) is -1.09. The van der Waals surface area contributed by atoms with Crippen LogP contribution in [0.25, 0.3) is 11.4 Å². The van der Waals surface area contributed by atoms with E-state index in [0.717, 1.165) is 16.8 Å². The summed E-state index contributed by atoms with van der Waals surface area (Å²) in [4.78, 5) is 3.64. The molecule has 0 saturated carbocycles. The van der Waals surface area contributed by atoms with Crippen molar-refractivity contribution >= 4 is 0 Å². The van der Waals surface area contributed by atoms with Crippen LogP contribution in [-0.4, -0.2) is 37.2 Å². The monoisotopic (exact) mass is 353 g/mol. The Balaban J connectivity index is 2.10. The van der Waals surface area contributed by atoms with Crippen LogP contribution in [0.4, 0.5) is 22.0 Å². The van der Waals surface area contributed by atoms with Crippen LogP contribution in [0.15, 0.2) is 12.3 Å². The molecule has 0 bridgehead atoms. The van der Waals surface area contributed by atoms with E-state index < -0.39 is 36.3 Å². The number of hydrogen-bond acceptors (Lipinski definition) is 5. The zero-order chi connectivity index (χ0) is 17.9. The van der Waals surface area contributed by atoms with E-state index in [2.05, 4.69) is 14.8 Å². The zero-order valence-electron chi connectivity index (χ0n) is 12.1. The van der Waals surface area contributed by atoms with Gasteiger partial charge in [-0.2, -0.15) is 22.0 Å². The molecule has 2 atom stereocenters. The first-order valence-corrected chi connectivity index (χ1v) is 6.68. The van der Waals surface area contributed by atoms with Crippen LogP contribution in [0.2, 0.25) is 0 Å². The average Bonchev–Trinajstić information content (AvgIpc) is 3.00. The summed E-state index contributed by atoms with van der Waals surface area (Å²) in [5, 5.41) is 13.6. The number of ether oxygens (including phenoxy) is 1. The van der Waals surface area contributed by atoms with Gasteiger partial charge in [0.2, 0.25) is 11.5 Å². The van der Waals surface area contributed by atoms with Crippen molar-refractivity contribution in [3.05, 3.63) is 18.1 Å². The lowest BCUT2D eigenvalue weighted by atomic mass is 10.1. The van der Waals surface area contributed by atoms with Gasteiger partial charge < -0.3 is 20.1 Å². The first-order valence-electron chi connectivity index (χ1n) is 6.68. The van der Waals surface area contributed by atoms with Crippen LogP contribution in [0, 0.1) is 0 Å². The highest BCUT2D eigenvalue weighted by Gasteiger charge is 2.55. The molecule has 0 spiro atoms. The summed E-state index contributed by atoms with van der Waals surface area (Å²) < 4.78 is 70.2. The molecule has 0 fully saturated rings. The predicted octanol–water partition coefficient (Wildman–Crippen LogP) is 1.59. The minimum Gasteiger partial charge on any atom is -0.415 e. The molecule has 7 nitrogen and oxygen atoms in total. The number of alkyl halides is 5. The average molecular weight is 353 g/mol. The molecule has 0 aliphatic carbocycles. The number of nitrogens with zero attached hydrogens (tertiary/aromatic N) is 4. The van der Waals surface area contributed by atoms with Gasteiger partial charge in [0.15, 0.2) is 5.82 Å². The minimum atomic E-state index is -4.98. The van der Waals surface area contributed by atoms with Gasteiger partial charge in [0, 0.05) is 6.07 Å². The topological polar surface area (TPSA) is 91.1 Å². The maximum absolute atomic E-state index is 13.1. The molecular formula is C12H12F5N5O2. The van der Waals surface area contributed by atoms with Crippen LogP contribution in [0.1, 0.15) is 18.9 Å². The number of nitrogens with two attached hydrogens (primary N) is 1. The van der Waals surface area contributed by atoms with Gasteiger partial charge in [-0.05, 0) is 6.92 Å². The Labute approximate surface area is 131 Å². The molecule has 3 rings (SSSR count). The highest BCUT2D eigenvalue weighted by atomic mass is 19.4. The summed E-state index contributed by atoms with van der Waals surface area (Å²) in [7, 11) is 0. The Morgan fingerprint density at radius 1 is 1.38 bits per heavy atom. The minimum absolute atomic E-state index is 0.102. The summed E-state index contributed by atoms with van der Waals surface area (Å²) in [6.45, 7) is -2.64. The number of hydrogen-bond donors (Lipinski definition) is 2. The first kappa shape index (κ1) is 16.6. The number of imidazole rings is 1. The fraction of sp³-hybridized carbons (Fsp3) is 0.500. The van der Waals surface area contributed by atoms with Crippen molar-refractivity contribution in [3.63, 3.8) is 0 Å². The van der Waals surface area contributed by atoms with Crippen molar-refractivity contribution in [2.45, 2.75) is 38.0 Å². The molecule has 0 radical (unpaired) electrons. The summed E-state index contributed by atoms with van der Waals surface area (Å²) in [6, 6.07) is 1.14. The second kappa shape index (κ2) is 5.14.